The van der Waals surface area contributed by atoms with E-state index < -0.39 is 0 Å². The van der Waals surface area contributed by atoms with Gasteiger partial charge >= 0.3 is 0 Å². The van der Waals surface area contributed by atoms with Gasteiger partial charge in [-0.15, -0.1) is 0 Å². The molecule has 24 heavy (non-hydrogen) atoms. The highest BCUT2D eigenvalue weighted by atomic mass is 16.5. The van der Waals surface area contributed by atoms with E-state index >= 15 is 0 Å². The lowest BCUT2D eigenvalue weighted by atomic mass is 10.1. The Morgan fingerprint density at radius 3 is 2.67 bits per heavy atom. The van der Waals surface area contributed by atoms with Crippen molar-refractivity contribution in [2.75, 3.05) is 13.7 Å². The molecule has 0 saturated carbocycles. The summed E-state index contributed by atoms with van der Waals surface area (Å²) < 4.78 is 7.20. The van der Waals surface area contributed by atoms with E-state index in [1.165, 1.54) is 0 Å². The van der Waals surface area contributed by atoms with Crippen LogP contribution in [-0.2, 0) is 6.54 Å². The summed E-state index contributed by atoms with van der Waals surface area (Å²) in [6.45, 7) is 1.48. The van der Waals surface area contributed by atoms with Crippen molar-refractivity contribution in [3.63, 3.8) is 0 Å². The largest absolute Gasteiger partial charge is 0.497 e. The minimum atomic E-state index is -0.0167. The lowest BCUT2D eigenvalue weighted by molar-refractivity contribution is 0.0928. The zero-order chi connectivity index (χ0) is 16.5. The summed E-state index contributed by atoms with van der Waals surface area (Å²) >= 11 is 0. The molecular weight excluding hydrogens is 302 g/mol. The predicted octanol–water partition coefficient (Wildman–Crippen LogP) is 2.97. The number of hydrogen-bond acceptors (Lipinski definition) is 3. The van der Waals surface area contributed by atoms with Crippen LogP contribution in [0.3, 0.4) is 0 Å². The number of nitrogens with zero attached hydrogens (tertiary/aromatic N) is 2. The van der Waals surface area contributed by atoms with Crippen LogP contribution in [0.25, 0.3) is 22.4 Å². The number of fused-ring (bicyclic) bond motifs is 1. The average molecular weight is 319 g/mol. The molecule has 1 aliphatic heterocycles. The molecule has 0 radical (unpaired) electrons. The van der Waals surface area contributed by atoms with E-state index in [4.69, 9.17) is 4.74 Å². The third-order valence-corrected chi connectivity index (χ3v) is 4.25. The number of benzene rings is 1. The number of aromatic nitrogens is 2. The third-order valence-electron chi connectivity index (χ3n) is 4.25. The first-order valence-electron chi connectivity index (χ1n) is 7.84. The van der Waals surface area contributed by atoms with Crippen molar-refractivity contribution >= 4 is 5.91 Å². The quantitative estimate of drug-likeness (QED) is 0.807. The monoisotopic (exact) mass is 319 g/mol. The fraction of sp³-hybridized carbons (Fsp3) is 0.158. The summed E-state index contributed by atoms with van der Waals surface area (Å²) in [5, 5.41) is 2.87. The van der Waals surface area contributed by atoms with Crippen LogP contribution in [0, 0.1) is 0 Å². The van der Waals surface area contributed by atoms with Gasteiger partial charge in [0.25, 0.3) is 5.91 Å². The van der Waals surface area contributed by atoms with Gasteiger partial charge in [-0.3, -0.25) is 9.78 Å². The molecule has 0 bridgehead atoms. The molecule has 120 valence electrons. The molecule has 0 saturated heterocycles. The molecule has 1 amide bonds. The highest BCUT2D eigenvalue weighted by Gasteiger charge is 2.18. The van der Waals surface area contributed by atoms with E-state index in [1.807, 2.05) is 53.2 Å². The first kappa shape index (κ1) is 14.5. The number of rotatable bonds is 3. The van der Waals surface area contributed by atoms with Gasteiger partial charge in [0.1, 0.15) is 11.4 Å². The van der Waals surface area contributed by atoms with E-state index in [2.05, 4.69) is 10.3 Å². The van der Waals surface area contributed by atoms with Gasteiger partial charge in [-0.1, -0.05) is 0 Å². The molecule has 1 aliphatic rings. The van der Waals surface area contributed by atoms with Crippen molar-refractivity contribution in [2.24, 2.45) is 0 Å². The number of pyridine rings is 1. The fourth-order valence-corrected chi connectivity index (χ4v) is 2.95. The van der Waals surface area contributed by atoms with E-state index in [-0.39, 0.29) is 5.91 Å². The number of ether oxygens (including phenoxy) is 1. The Bertz CT molecular complexity index is 897. The first-order valence-corrected chi connectivity index (χ1v) is 7.84. The summed E-state index contributed by atoms with van der Waals surface area (Å²) in [7, 11) is 1.65. The van der Waals surface area contributed by atoms with Gasteiger partial charge in [-0.05, 0) is 48.0 Å². The molecule has 1 N–H and O–H groups in total. The molecule has 0 unspecified atom stereocenters. The van der Waals surface area contributed by atoms with Crippen molar-refractivity contribution in [2.45, 2.75) is 6.54 Å². The number of nitrogens with one attached hydrogen (secondary N) is 1. The predicted molar refractivity (Wildman–Crippen MR) is 92.0 cm³/mol. The van der Waals surface area contributed by atoms with Crippen molar-refractivity contribution in [3.05, 3.63) is 60.6 Å². The molecule has 5 heteroatoms. The van der Waals surface area contributed by atoms with Crippen LogP contribution in [0.1, 0.15) is 10.5 Å². The molecule has 0 fully saturated rings. The van der Waals surface area contributed by atoms with E-state index in [0.29, 0.717) is 12.2 Å². The van der Waals surface area contributed by atoms with Crippen molar-refractivity contribution in [1.29, 1.82) is 0 Å². The van der Waals surface area contributed by atoms with Crippen molar-refractivity contribution in [3.8, 4) is 28.1 Å². The summed E-state index contributed by atoms with van der Waals surface area (Å²) in [4.78, 5) is 16.4. The van der Waals surface area contributed by atoms with Crippen LogP contribution >= 0.6 is 0 Å². The van der Waals surface area contributed by atoms with Crippen LogP contribution in [-0.4, -0.2) is 29.1 Å². The van der Waals surface area contributed by atoms with Gasteiger partial charge in [0.05, 0.1) is 12.8 Å². The highest BCUT2D eigenvalue weighted by molar-refractivity contribution is 5.95. The smallest absolute Gasteiger partial charge is 0.267 e. The molecule has 4 rings (SSSR count). The Morgan fingerprint density at radius 2 is 1.92 bits per heavy atom. The lowest BCUT2D eigenvalue weighted by Crippen LogP contribution is -2.34. The van der Waals surface area contributed by atoms with Gasteiger partial charge in [-0.25, -0.2) is 0 Å². The average Bonchev–Trinajstić information content (AvgIpc) is 3.08. The standard InChI is InChI=1S/C19H17N3O2/c1-24-16-4-2-13(3-5-16)17-10-14(6-7-20-17)15-11-18-19(23)21-8-9-22(18)12-15/h2-7,10-12H,8-9H2,1H3,(H,21,23). The summed E-state index contributed by atoms with van der Waals surface area (Å²) in [6, 6.07) is 13.8. The first-order chi connectivity index (χ1) is 11.7. The van der Waals surface area contributed by atoms with Crippen LogP contribution in [0.15, 0.2) is 54.9 Å². The Balaban J connectivity index is 1.71. The molecular formula is C19H17N3O2. The zero-order valence-electron chi connectivity index (χ0n) is 13.3. The van der Waals surface area contributed by atoms with Gasteiger partial charge in [0.2, 0.25) is 0 Å². The van der Waals surface area contributed by atoms with Gasteiger partial charge in [0.15, 0.2) is 0 Å². The minimum Gasteiger partial charge on any atom is -0.497 e. The van der Waals surface area contributed by atoms with Crippen molar-refractivity contribution < 1.29 is 9.53 Å². The van der Waals surface area contributed by atoms with E-state index in [9.17, 15) is 4.79 Å². The second kappa shape index (κ2) is 5.85. The molecule has 5 nitrogen and oxygen atoms in total. The topological polar surface area (TPSA) is 56.1 Å². The zero-order valence-corrected chi connectivity index (χ0v) is 13.3. The number of hydrogen-bond donors (Lipinski definition) is 1. The van der Waals surface area contributed by atoms with Crippen molar-refractivity contribution in [1.82, 2.24) is 14.9 Å². The molecule has 0 aliphatic carbocycles. The van der Waals surface area contributed by atoms with E-state index in [1.54, 1.807) is 13.3 Å². The molecule has 0 spiro atoms. The van der Waals surface area contributed by atoms with Gasteiger partial charge in [-0.2, -0.15) is 0 Å². The maximum absolute atomic E-state index is 11.9. The number of carbonyl (C=O) groups excluding carboxylic acids is 1. The van der Waals surface area contributed by atoms with Crippen LogP contribution < -0.4 is 10.1 Å². The molecule has 0 atom stereocenters. The van der Waals surface area contributed by atoms with Gasteiger partial charge < -0.3 is 14.6 Å². The fourth-order valence-electron chi connectivity index (χ4n) is 2.95. The Morgan fingerprint density at radius 1 is 1.08 bits per heavy atom. The normalized spacial score (nSPS) is 13.3. The number of carbonyl (C=O) groups is 1. The number of methoxy groups -OCH3 is 1. The SMILES string of the molecule is COc1ccc(-c2cc(-c3cc4n(c3)CCNC4=O)ccn2)cc1. The maximum Gasteiger partial charge on any atom is 0.267 e. The summed E-state index contributed by atoms with van der Waals surface area (Å²) in [6.07, 6.45) is 3.83. The lowest BCUT2D eigenvalue weighted by Gasteiger charge is -2.14. The highest BCUT2D eigenvalue weighted by Crippen LogP contribution is 2.27. The second-order valence-corrected chi connectivity index (χ2v) is 5.72. The van der Waals surface area contributed by atoms with E-state index in [0.717, 1.165) is 34.7 Å². The third kappa shape index (κ3) is 2.54. The Hall–Kier alpha value is -3.08. The molecule has 3 aromatic rings. The van der Waals surface area contributed by atoms with Crippen LogP contribution in [0.5, 0.6) is 5.75 Å². The molecule has 1 aromatic carbocycles. The summed E-state index contributed by atoms with van der Waals surface area (Å²) in [5.74, 6) is 0.804. The van der Waals surface area contributed by atoms with Crippen LogP contribution in [0.2, 0.25) is 0 Å². The molecule has 2 aromatic heterocycles. The minimum absolute atomic E-state index is 0.0167. The maximum atomic E-state index is 11.9. The summed E-state index contributed by atoms with van der Waals surface area (Å²) in [5.41, 5.74) is 4.70. The second-order valence-electron chi connectivity index (χ2n) is 5.72. The molecule has 3 heterocycles. The number of amides is 1. The Labute approximate surface area is 139 Å². The van der Waals surface area contributed by atoms with Crippen LogP contribution in [0.4, 0.5) is 0 Å². The Kier molecular flexibility index (Phi) is 3.54. The van der Waals surface area contributed by atoms with Gasteiger partial charge in [0, 0.05) is 36.6 Å².